The minimum Gasteiger partial charge on any atom is -0.355 e. The third-order valence-electron chi connectivity index (χ3n) is 4.74. The topological polar surface area (TPSA) is 67.7 Å². The van der Waals surface area contributed by atoms with Crippen LogP contribution in [0.4, 0.5) is 5.82 Å². The zero-order valence-electron chi connectivity index (χ0n) is 14.0. The second-order valence-electron chi connectivity index (χ2n) is 6.38. The summed E-state index contributed by atoms with van der Waals surface area (Å²) in [5, 5.41) is 1.16. The van der Waals surface area contributed by atoms with Gasteiger partial charge in [-0.05, 0) is 18.2 Å². The molecule has 0 spiro atoms. The van der Waals surface area contributed by atoms with Gasteiger partial charge in [0.05, 0.1) is 16.9 Å². The molecule has 1 aliphatic heterocycles. The molecule has 1 aliphatic rings. The summed E-state index contributed by atoms with van der Waals surface area (Å²) in [4.78, 5) is 24.3. The number of rotatable bonds is 3. The van der Waals surface area contributed by atoms with E-state index in [9.17, 15) is 0 Å². The van der Waals surface area contributed by atoms with Gasteiger partial charge in [-0.3, -0.25) is 9.97 Å². The van der Waals surface area contributed by atoms with Gasteiger partial charge < -0.3 is 4.90 Å². The Labute approximate surface area is 150 Å². The Morgan fingerprint density at radius 1 is 0.885 bits per heavy atom. The molecule has 0 atom stereocenters. The maximum atomic E-state index is 4.78. The van der Waals surface area contributed by atoms with Gasteiger partial charge in [-0.15, -0.1) is 0 Å². The van der Waals surface area contributed by atoms with E-state index in [1.807, 2.05) is 18.2 Å². The molecule has 0 aliphatic carbocycles. The van der Waals surface area contributed by atoms with Crippen LogP contribution in [0, 0.1) is 0 Å². The second-order valence-corrected chi connectivity index (χ2v) is 6.38. The lowest BCUT2D eigenvalue weighted by atomic mass is 9.93. The van der Waals surface area contributed by atoms with E-state index in [0.29, 0.717) is 5.92 Å². The highest BCUT2D eigenvalue weighted by Crippen LogP contribution is 2.34. The van der Waals surface area contributed by atoms with Crippen LogP contribution in [-0.4, -0.2) is 38.0 Å². The van der Waals surface area contributed by atoms with Crippen molar-refractivity contribution in [3.63, 3.8) is 0 Å². The van der Waals surface area contributed by atoms with Crippen molar-refractivity contribution in [1.29, 1.82) is 0 Å². The van der Waals surface area contributed by atoms with Crippen molar-refractivity contribution in [3.8, 4) is 11.3 Å². The Morgan fingerprint density at radius 2 is 1.69 bits per heavy atom. The lowest BCUT2D eigenvalue weighted by Crippen LogP contribution is -2.46. The Hall–Kier alpha value is -3.41. The summed E-state index contributed by atoms with van der Waals surface area (Å²) in [5.74, 6) is 1.33. The second kappa shape index (κ2) is 6.15. The molecule has 1 aromatic carbocycles. The van der Waals surface area contributed by atoms with Gasteiger partial charge >= 0.3 is 0 Å². The zero-order valence-corrected chi connectivity index (χ0v) is 14.0. The molecule has 0 radical (unpaired) electrons. The molecular formula is C20H16N6. The summed E-state index contributed by atoms with van der Waals surface area (Å²) in [6, 6.07) is 12.4. The zero-order chi connectivity index (χ0) is 17.3. The monoisotopic (exact) mass is 340 g/mol. The van der Waals surface area contributed by atoms with Crippen LogP contribution < -0.4 is 4.90 Å². The first-order chi connectivity index (χ1) is 12.9. The van der Waals surface area contributed by atoms with E-state index in [-0.39, 0.29) is 0 Å². The van der Waals surface area contributed by atoms with Gasteiger partial charge in [0.15, 0.2) is 0 Å². The first kappa shape index (κ1) is 14.9. The lowest BCUT2D eigenvalue weighted by Gasteiger charge is -2.40. The van der Waals surface area contributed by atoms with E-state index < -0.39 is 0 Å². The molecule has 4 aromatic rings. The Balaban J connectivity index is 1.40. The molecule has 0 amide bonds. The van der Waals surface area contributed by atoms with Crippen LogP contribution in [0.15, 0.2) is 67.5 Å². The fourth-order valence-electron chi connectivity index (χ4n) is 3.36. The predicted molar refractivity (Wildman–Crippen MR) is 99.8 cm³/mol. The Morgan fingerprint density at radius 3 is 2.58 bits per heavy atom. The molecule has 1 saturated heterocycles. The Kier molecular flexibility index (Phi) is 3.52. The lowest BCUT2D eigenvalue weighted by molar-refractivity contribution is 0.509. The van der Waals surface area contributed by atoms with E-state index in [1.54, 1.807) is 24.8 Å². The number of aromatic nitrogens is 5. The number of benzene rings is 1. The van der Waals surface area contributed by atoms with Gasteiger partial charge in [-0.2, -0.15) is 0 Å². The number of anilines is 1. The van der Waals surface area contributed by atoms with Gasteiger partial charge in [-0.1, -0.05) is 18.2 Å². The highest BCUT2D eigenvalue weighted by atomic mass is 15.2. The maximum Gasteiger partial charge on any atom is 0.129 e. The quantitative estimate of drug-likeness (QED) is 0.571. The van der Waals surface area contributed by atoms with Gasteiger partial charge in [0.1, 0.15) is 12.1 Å². The summed E-state index contributed by atoms with van der Waals surface area (Å²) < 4.78 is 0. The third kappa shape index (κ3) is 2.56. The largest absolute Gasteiger partial charge is 0.355 e. The molecule has 0 saturated carbocycles. The normalized spacial score (nSPS) is 14.4. The summed E-state index contributed by atoms with van der Waals surface area (Å²) in [5.41, 5.74) is 3.79. The smallest absolute Gasteiger partial charge is 0.129 e. The van der Waals surface area contributed by atoms with E-state index in [2.05, 4.69) is 43.0 Å². The first-order valence-corrected chi connectivity index (χ1v) is 8.55. The molecule has 126 valence electrons. The number of nitrogens with zero attached hydrogens (tertiary/aromatic N) is 6. The van der Waals surface area contributed by atoms with Crippen LogP contribution in [-0.2, 0) is 0 Å². The minimum absolute atomic E-state index is 0.326. The fraction of sp³-hybridized carbons (Fsp3) is 0.150. The van der Waals surface area contributed by atoms with Gasteiger partial charge in [-0.25, -0.2) is 15.0 Å². The standard InChI is InChI=1S/C20H16N6/c1-2-4-17-14(3-1)5-6-18(25-17)26-11-16(12-26)20-19(23-7-8-24-20)15-9-21-13-22-10-15/h1-10,13,16H,11-12H2. The molecule has 0 unspecified atom stereocenters. The van der Waals surface area contributed by atoms with Gasteiger partial charge in [0, 0.05) is 54.7 Å². The van der Waals surface area contributed by atoms with Crippen LogP contribution in [0.3, 0.4) is 0 Å². The first-order valence-electron chi connectivity index (χ1n) is 8.55. The van der Waals surface area contributed by atoms with Crippen LogP contribution in [0.25, 0.3) is 22.2 Å². The molecule has 6 heteroatoms. The van der Waals surface area contributed by atoms with Crippen molar-refractivity contribution in [2.24, 2.45) is 0 Å². The SMILES string of the molecule is c1ccc2nc(N3CC(c4nccnc4-c4cncnc4)C3)ccc2c1. The van der Waals surface area contributed by atoms with Crippen molar-refractivity contribution in [2.45, 2.75) is 5.92 Å². The molecule has 4 heterocycles. The molecule has 3 aromatic heterocycles. The minimum atomic E-state index is 0.326. The summed E-state index contributed by atoms with van der Waals surface area (Å²) in [6.07, 6.45) is 8.55. The fourth-order valence-corrected chi connectivity index (χ4v) is 3.36. The van der Waals surface area contributed by atoms with E-state index in [0.717, 1.165) is 46.8 Å². The average Bonchev–Trinajstić information content (AvgIpc) is 2.68. The highest BCUT2D eigenvalue weighted by Gasteiger charge is 2.32. The van der Waals surface area contributed by atoms with Crippen molar-refractivity contribution >= 4 is 16.7 Å². The van der Waals surface area contributed by atoms with Gasteiger partial charge in [0.2, 0.25) is 0 Å². The summed E-state index contributed by atoms with van der Waals surface area (Å²) in [7, 11) is 0. The maximum absolute atomic E-state index is 4.78. The number of para-hydroxylation sites is 1. The molecular weight excluding hydrogens is 324 g/mol. The van der Waals surface area contributed by atoms with Crippen molar-refractivity contribution in [1.82, 2.24) is 24.9 Å². The van der Waals surface area contributed by atoms with Crippen LogP contribution >= 0.6 is 0 Å². The highest BCUT2D eigenvalue weighted by molar-refractivity contribution is 5.80. The van der Waals surface area contributed by atoms with Crippen molar-refractivity contribution in [3.05, 3.63) is 73.2 Å². The van der Waals surface area contributed by atoms with E-state index in [1.165, 1.54) is 6.33 Å². The molecule has 0 bridgehead atoms. The number of fused-ring (bicyclic) bond motifs is 1. The molecule has 6 nitrogen and oxygen atoms in total. The van der Waals surface area contributed by atoms with Crippen LogP contribution in [0.2, 0.25) is 0 Å². The van der Waals surface area contributed by atoms with Crippen molar-refractivity contribution < 1.29 is 0 Å². The van der Waals surface area contributed by atoms with Crippen LogP contribution in [0.1, 0.15) is 11.6 Å². The molecule has 0 N–H and O–H groups in total. The van der Waals surface area contributed by atoms with Gasteiger partial charge in [0.25, 0.3) is 0 Å². The van der Waals surface area contributed by atoms with Crippen LogP contribution in [0.5, 0.6) is 0 Å². The van der Waals surface area contributed by atoms with E-state index >= 15 is 0 Å². The predicted octanol–water partition coefficient (Wildman–Crippen LogP) is 3.09. The van der Waals surface area contributed by atoms with Crippen molar-refractivity contribution in [2.75, 3.05) is 18.0 Å². The summed E-state index contributed by atoms with van der Waals surface area (Å²) >= 11 is 0. The molecule has 1 fully saturated rings. The molecule has 26 heavy (non-hydrogen) atoms. The Bertz CT molecular complexity index is 1060. The average molecular weight is 340 g/mol. The summed E-state index contributed by atoms with van der Waals surface area (Å²) in [6.45, 7) is 1.76. The number of hydrogen-bond acceptors (Lipinski definition) is 6. The molecule has 5 rings (SSSR count). The number of hydrogen-bond donors (Lipinski definition) is 0. The number of pyridine rings is 1. The third-order valence-corrected chi connectivity index (χ3v) is 4.74. The van der Waals surface area contributed by atoms with E-state index in [4.69, 9.17) is 4.98 Å².